The number of hydrogen-bond acceptors (Lipinski definition) is 4. The summed E-state index contributed by atoms with van der Waals surface area (Å²) in [5.41, 5.74) is 1.86. The van der Waals surface area contributed by atoms with E-state index in [2.05, 4.69) is 0 Å². The van der Waals surface area contributed by atoms with Gasteiger partial charge in [0.05, 0.1) is 25.3 Å². The summed E-state index contributed by atoms with van der Waals surface area (Å²) in [4.78, 5) is 23.8. The number of carbonyl (C=O) groups is 2. The Balaban J connectivity index is 2.20. The molecule has 0 bridgehead atoms. The Bertz CT molecular complexity index is 948. The fourth-order valence-corrected chi connectivity index (χ4v) is 3.03. The summed E-state index contributed by atoms with van der Waals surface area (Å²) >= 11 is 0. The van der Waals surface area contributed by atoms with E-state index < -0.39 is 11.9 Å². The van der Waals surface area contributed by atoms with Gasteiger partial charge in [-0.1, -0.05) is 0 Å². The van der Waals surface area contributed by atoms with Gasteiger partial charge in [-0.2, -0.15) is 0 Å². The number of quaternary nitrogens is 1. The molecule has 148 valence electrons. The molecule has 0 aromatic heterocycles. The highest BCUT2D eigenvalue weighted by Gasteiger charge is 2.23. The smallest absolute Gasteiger partial charge is 0.335 e. The van der Waals surface area contributed by atoms with Gasteiger partial charge in [-0.25, -0.2) is 14.5 Å². The van der Waals surface area contributed by atoms with Crippen LogP contribution in [0.3, 0.4) is 0 Å². The van der Waals surface area contributed by atoms with E-state index >= 15 is 0 Å². The first-order chi connectivity index (χ1) is 13.9. The summed E-state index contributed by atoms with van der Waals surface area (Å²) in [7, 11) is 3.14. The quantitative estimate of drug-likeness (QED) is 0.569. The van der Waals surface area contributed by atoms with E-state index in [4.69, 9.17) is 9.47 Å². The van der Waals surface area contributed by atoms with Crippen LogP contribution in [0.25, 0.3) is 0 Å². The molecule has 0 aliphatic carbocycles. The van der Waals surface area contributed by atoms with E-state index in [-0.39, 0.29) is 11.1 Å². The number of nitrogens with one attached hydrogen (secondary N) is 1. The molecule has 0 spiro atoms. The van der Waals surface area contributed by atoms with Gasteiger partial charge < -0.3 is 19.7 Å². The number of methoxy groups -OCH3 is 2. The average molecular weight is 394 g/mol. The maximum absolute atomic E-state index is 11.6. The lowest BCUT2D eigenvalue weighted by molar-refractivity contribution is -0.681. The van der Waals surface area contributed by atoms with E-state index in [1.165, 1.54) is 12.1 Å². The van der Waals surface area contributed by atoms with Crippen molar-refractivity contribution in [2.75, 3.05) is 14.2 Å². The molecule has 7 nitrogen and oxygen atoms in total. The lowest BCUT2D eigenvalue weighted by Crippen LogP contribution is -2.96. The van der Waals surface area contributed by atoms with E-state index in [1.807, 2.05) is 24.3 Å². The van der Waals surface area contributed by atoms with Crippen molar-refractivity contribution in [1.82, 2.24) is 0 Å². The normalized spacial score (nSPS) is 10.6. The van der Waals surface area contributed by atoms with Gasteiger partial charge in [-0.05, 0) is 30.3 Å². The molecule has 0 saturated carbocycles. The van der Waals surface area contributed by atoms with Crippen LogP contribution in [0.1, 0.15) is 20.7 Å². The first kappa shape index (κ1) is 19.9. The first-order valence-corrected chi connectivity index (χ1v) is 8.70. The fraction of sp³-hybridized carbons (Fsp3) is 0.0909. The molecule has 3 aromatic rings. The number of rotatable bonds is 7. The van der Waals surface area contributed by atoms with Crippen LogP contribution in [-0.2, 0) is 0 Å². The van der Waals surface area contributed by atoms with Crippen molar-refractivity contribution < 1.29 is 34.2 Å². The van der Waals surface area contributed by atoms with Crippen LogP contribution in [-0.4, -0.2) is 36.4 Å². The molecule has 0 fully saturated rings. The van der Waals surface area contributed by atoms with Crippen LogP contribution in [0.5, 0.6) is 11.5 Å². The molecular weight excluding hydrogens is 374 g/mol. The third-order valence-corrected chi connectivity index (χ3v) is 4.47. The fourth-order valence-electron chi connectivity index (χ4n) is 3.03. The maximum Gasteiger partial charge on any atom is 0.335 e. The van der Waals surface area contributed by atoms with Crippen molar-refractivity contribution >= 4 is 29.0 Å². The van der Waals surface area contributed by atoms with Crippen molar-refractivity contribution in [3.05, 3.63) is 77.9 Å². The Kier molecular flexibility index (Phi) is 5.80. The predicted molar refractivity (Wildman–Crippen MR) is 106 cm³/mol. The van der Waals surface area contributed by atoms with Gasteiger partial charge >= 0.3 is 11.9 Å². The molecule has 0 aliphatic rings. The average Bonchev–Trinajstić information content (AvgIpc) is 2.74. The SMILES string of the molecule is COc1ccc([NH+](c2ccc(OC)cc2)c2cc(C(=O)O)cc(C(=O)O)c2)cc1. The van der Waals surface area contributed by atoms with Gasteiger partial charge in [-0.3, -0.25) is 0 Å². The second kappa shape index (κ2) is 8.45. The lowest BCUT2D eigenvalue weighted by atomic mass is 10.1. The second-order valence-corrected chi connectivity index (χ2v) is 6.24. The summed E-state index contributed by atoms with van der Waals surface area (Å²) < 4.78 is 10.4. The summed E-state index contributed by atoms with van der Waals surface area (Å²) in [6.07, 6.45) is 0. The third kappa shape index (κ3) is 4.36. The van der Waals surface area contributed by atoms with Crippen LogP contribution in [0.15, 0.2) is 66.7 Å². The Hall–Kier alpha value is -3.84. The van der Waals surface area contributed by atoms with Gasteiger partial charge in [0.25, 0.3) is 0 Å². The highest BCUT2D eigenvalue weighted by molar-refractivity contribution is 5.95. The number of benzene rings is 3. The molecule has 0 unspecified atom stereocenters. The summed E-state index contributed by atoms with van der Waals surface area (Å²) in [5, 5.41) is 18.9. The molecule has 7 heteroatoms. The second-order valence-electron chi connectivity index (χ2n) is 6.24. The number of carboxylic acids is 2. The van der Waals surface area contributed by atoms with E-state index in [9.17, 15) is 19.8 Å². The Morgan fingerprint density at radius 1 is 0.655 bits per heavy atom. The zero-order valence-corrected chi connectivity index (χ0v) is 15.9. The summed E-state index contributed by atoms with van der Waals surface area (Å²) in [6.45, 7) is 0. The lowest BCUT2D eigenvalue weighted by Gasteiger charge is -2.20. The van der Waals surface area contributed by atoms with Crippen molar-refractivity contribution in [2.45, 2.75) is 0 Å². The molecule has 3 aromatic carbocycles. The largest absolute Gasteiger partial charge is 0.497 e. The van der Waals surface area contributed by atoms with Gasteiger partial charge in [-0.15, -0.1) is 0 Å². The first-order valence-electron chi connectivity index (χ1n) is 8.70. The van der Waals surface area contributed by atoms with Crippen LogP contribution in [0, 0.1) is 0 Å². The Morgan fingerprint density at radius 3 is 1.34 bits per heavy atom. The number of ether oxygens (including phenoxy) is 2. The Morgan fingerprint density at radius 2 is 1.03 bits per heavy atom. The molecule has 0 saturated heterocycles. The van der Waals surface area contributed by atoms with E-state index in [0.29, 0.717) is 22.1 Å². The number of carboxylic acid groups (broad SMARTS) is 2. The van der Waals surface area contributed by atoms with Crippen LogP contribution in [0.2, 0.25) is 0 Å². The molecular formula is C22H20NO6+. The van der Waals surface area contributed by atoms with Crippen LogP contribution < -0.4 is 14.4 Å². The van der Waals surface area contributed by atoms with Crippen molar-refractivity contribution in [3.63, 3.8) is 0 Å². The van der Waals surface area contributed by atoms with E-state index in [0.717, 1.165) is 17.4 Å². The number of hydrogen-bond donors (Lipinski definition) is 3. The predicted octanol–water partition coefficient (Wildman–Crippen LogP) is 3.28. The highest BCUT2D eigenvalue weighted by atomic mass is 16.5. The topological polar surface area (TPSA) is 97.5 Å². The van der Waals surface area contributed by atoms with Gasteiger partial charge in [0, 0.05) is 36.4 Å². The molecule has 0 heterocycles. The van der Waals surface area contributed by atoms with E-state index in [1.54, 1.807) is 38.5 Å². The van der Waals surface area contributed by atoms with Crippen LogP contribution in [0.4, 0.5) is 17.1 Å². The molecule has 3 rings (SSSR count). The minimum Gasteiger partial charge on any atom is -0.497 e. The van der Waals surface area contributed by atoms with Gasteiger partial charge in [0.2, 0.25) is 0 Å². The van der Waals surface area contributed by atoms with Crippen molar-refractivity contribution in [1.29, 1.82) is 0 Å². The van der Waals surface area contributed by atoms with Crippen molar-refractivity contribution in [2.24, 2.45) is 0 Å². The molecule has 0 aliphatic heterocycles. The third-order valence-electron chi connectivity index (χ3n) is 4.47. The zero-order valence-electron chi connectivity index (χ0n) is 15.9. The minimum absolute atomic E-state index is 0.0978. The summed E-state index contributed by atoms with van der Waals surface area (Å²) in [6, 6.07) is 18.6. The maximum atomic E-state index is 11.6. The van der Waals surface area contributed by atoms with Crippen molar-refractivity contribution in [3.8, 4) is 11.5 Å². The summed E-state index contributed by atoms with van der Waals surface area (Å²) in [5.74, 6) is -1.04. The molecule has 0 atom stereocenters. The highest BCUT2D eigenvalue weighted by Crippen LogP contribution is 2.22. The van der Waals surface area contributed by atoms with Crippen LogP contribution >= 0.6 is 0 Å². The standard InChI is InChI=1S/C22H19NO6/c1-28-19-7-3-16(4-8-19)23(17-5-9-20(29-2)10-6-17)18-12-14(21(24)25)11-15(13-18)22(26)27/h3-13H,1-2H3,(H,24,25)(H,26,27)/p+1. The molecule has 3 N–H and O–H groups in total. The number of aromatic carboxylic acids is 2. The van der Waals surface area contributed by atoms with Gasteiger partial charge in [0.15, 0.2) is 0 Å². The molecule has 0 radical (unpaired) electrons. The molecule has 29 heavy (non-hydrogen) atoms. The molecule has 0 amide bonds. The Labute approximate surface area is 167 Å². The monoisotopic (exact) mass is 394 g/mol. The zero-order chi connectivity index (χ0) is 21.0. The van der Waals surface area contributed by atoms with Gasteiger partial charge in [0.1, 0.15) is 28.6 Å². The minimum atomic E-state index is -1.20.